The fraction of sp³-hybridized carbons (Fsp3) is 0.323. The van der Waals surface area contributed by atoms with Gasteiger partial charge in [-0.1, -0.05) is 54.6 Å². The SMILES string of the molecule is CCNC(=O)c1ccn2c(-c3ccccc3)c(-c3ccc(C4(NC(=O)OC(C)(C)C)CCC4)cc3)nc2c1. The van der Waals surface area contributed by atoms with Crippen LogP contribution in [0.5, 0.6) is 0 Å². The van der Waals surface area contributed by atoms with Crippen molar-refractivity contribution in [2.45, 2.75) is 58.1 Å². The van der Waals surface area contributed by atoms with Crippen molar-refractivity contribution in [3.8, 4) is 22.5 Å². The van der Waals surface area contributed by atoms with Crippen LogP contribution in [0.1, 0.15) is 62.9 Å². The molecule has 0 atom stereocenters. The number of ether oxygens (including phenoxy) is 1. The second-order valence-electron chi connectivity index (χ2n) is 10.8. The maximum atomic E-state index is 12.6. The van der Waals surface area contributed by atoms with Gasteiger partial charge >= 0.3 is 6.09 Å². The van der Waals surface area contributed by atoms with E-state index >= 15 is 0 Å². The second-order valence-corrected chi connectivity index (χ2v) is 10.8. The van der Waals surface area contributed by atoms with E-state index in [4.69, 9.17) is 9.72 Å². The smallest absolute Gasteiger partial charge is 0.408 e. The Labute approximate surface area is 223 Å². The van der Waals surface area contributed by atoms with E-state index in [-0.39, 0.29) is 5.91 Å². The number of carbonyl (C=O) groups is 2. The number of fused-ring (bicyclic) bond motifs is 1. The highest BCUT2D eigenvalue weighted by molar-refractivity contribution is 5.95. The molecule has 2 aromatic heterocycles. The van der Waals surface area contributed by atoms with Crippen molar-refractivity contribution in [3.63, 3.8) is 0 Å². The monoisotopic (exact) mass is 510 g/mol. The first-order valence-electron chi connectivity index (χ1n) is 13.2. The summed E-state index contributed by atoms with van der Waals surface area (Å²) in [5.41, 5.74) is 5.16. The summed E-state index contributed by atoms with van der Waals surface area (Å²) in [5, 5.41) is 5.98. The van der Waals surface area contributed by atoms with Crippen molar-refractivity contribution < 1.29 is 14.3 Å². The van der Waals surface area contributed by atoms with E-state index in [9.17, 15) is 9.59 Å². The van der Waals surface area contributed by atoms with Gasteiger partial charge in [0.1, 0.15) is 11.2 Å². The van der Waals surface area contributed by atoms with Crippen LogP contribution in [-0.4, -0.2) is 33.5 Å². The predicted molar refractivity (Wildman–Crippen MR) is 149 cm³/mol. The molecule has 0 bridgehead atoms. The number of nitrogens with zero attached hydrogens (tertiary/aromatic N) is 2. The molecule has 1 fully saturated rings. The van der Waals surface area contributed by atoms with Gasteiger partial charge in [0.15, 0.2) is 0 Å². The quantitative estimate of drug-likeness (QED) is 0.318. The van der Waals surface area contributed by atoms with E-state index in [1.807, 2.05) is 68.6 Å². The van der Waals surface area contributed by atoms with Gasteiger partial charge in [-0.3, -0.25) is 9.20 Å². The largest absolute Gasteiger partial charge is 0.444 e. The van der Waals surface area contributed by atoms with Crippen molar-refractivity contribution in [3.05, 3.63) is 84.1 Å². The van der Waals surface area contributed by atoms with Crippen LogP contribution < -0.4 is 10.6 Å². The van der Waals surface area contributed by atoms with Crippen LogP contribution in [0.3, 0.4) is 0 Å². The van der Waals surface area contributed by atoms with Crippen LogP contribution in [0.25, 0.3) is 28.2 Å². The molecule has 0 aliphatic heterocycles. The number of amides is 2. The molecule has 2 amide bonds. The molecule has 196 valence electrons. The minimum atomic E-state index is -0.549. The summed E-state index contributed by atoms with van der Waals surface area (Å²) in [5.74, 6) is -0.117. The van der Waals surface area contributed by atoms with Crippen molar-refractivity contribution >= 4 is 17.6 Å². The Hall–Kier alpha value is -4.13. The van der Waals surface area contributed by atoms with Gasteiger partial charge in [-0.25, -0.2) is 9.78 Å². The number of pyridine rings is 1. The normalized spacial score (nSPS) is 14.5. The van der Waals surface area contributed by atoms with E-state index in [1.165, 1.54) is 0 Å². The van der Waals surface area contributed by atoms with Crippen LogP contribution in [0.15, 0.2) is 72.9 Å². The second kappa shape index (κ2) is 9.97. The molecule has 2 heterocycles. The predicted octanol–water partition coefficient (Wildman–Crippen LogP) is 6.32. The summed E-state index contributed by atoms with van der Waals surface area (Å²) in [6.07, 6.45) is 4.31. The van der Waals surface area contributed by atoms with Crippen LogP contribution in [-0.2, 0) is 10.3 Å². The fourth-order valence-corrected chi connectivity index (χ4v) is 4.98. The lowest BCUT2D eigenvalue weighted by Crippen LogP contribution is -2.52. The third kappa shape index (κ3) is 5.01. The topological polar surface area (TPSA) is 84.7 Å². The standard InChI is InChI=1S/C31H34N4O3/c1-5-32-28(36)23-16-19-35-25(20-23)33-26(27(35)22-10-7-6-8-11-22)21-12-14-24(15-13-21)31(17-9-18-31)34-29(37)38-30(2,3)4/h6-8,10-16,19-20H,5,9,17-18H2,1-4H3,(H,32,36)(H,34,37). The number of aromatic nitrogens is 2. The Kier molecular flexibility index (Phi) is 6.69. The zero-order valence-electron chi connectivity index (χ0n) is 22.4. The molecule has 2 aromatic carbocycles. The highest BCUT2D eigenvalue weighted by atomic mass is 16.6. The summed E-state index contributed by atoms with van der Waals surface area (Å²) < 4.78 is 7.56. The van der Waals surface area contributed by atoms with E-state index in [2.05, 4.69) is 47.0 Å². The zero-order chi connectivity index (χ0) is 26.9. The molecule has 0 radical (unpaired) electrons. The van der Waals surface area contributed by atoms with Gasteiger partial charge in [0.2, 0.25) is 0 Å². The molecular weight excluding hydrogens is 476 g/mol. The molecule has 2 N–H and O–H groups in total. The third-order valence-electron chi connectivity index (χ3n) is 6.93. The number of nitrogens with one attached hydrogen (secondary N) is 2. The average Bonchev–Trinajstić information content (AvgIpc) is 3.25. The Morgan fingerprint density at radius 3 is 2.32 bits per heavy atom. The lowest BCUT2D eigenvalue weighted by molar-refractivity contribution is 0.0377. The molecule has 0 saturated heterocycles. The first-order chi connectivity index (χ1) is 18.2. The van der Waals surface area contributed by atoms with E-state index in [0.717, 1.165) is 47.3 Å². The number of rotatable bonds is 6. The lowest BCUT2D eigenvalue weighted by Gasteiger charge is -2.43. The molecule has 1 aliphatic rings. The molecule has 38 heavy (non-hydrogen) atoms. The number of carbonyl (C=O) groups excluding carboxylic acids is 2. The molecule has 7 heteroatoms. The summed E-state index contributed by atoms with van der Waals surface area (Å²) in [6.45, 7) is 8.07. The Bertz CT molecular complexity index is 1460. The Morgan fingerprint density at radius 2 is 1.71 bits per heavy atom. The maximum Gasteiger partial charge on any atom is 0.408 e. The fourth-order valence-electron chi connectivity index (χ4n) is 4.98. The molecule has 1 saturated carbocycles. The molecule has 0 unspecified atom stereocenters. The minimum Gasteiger partial charge on any atom is -0.444 e. The molecule has 5 rings (SSSR count). The van der Waals surface area contributed by atoms with Crippen molar-refractivity contribution in [2.24, 2.45) is 0 Å². The van der Waals surface area contributed by atoms with Crippen LogP contribution >= 0.6 is 0 Å². The van der Waals surface area contributed by atoms with Gasteiger partial charge in [0.05, 0.1) is 16.9 Å². The number of imidazole rings is 1. The lowest BCUT2D eigenvalue weighted by atomic mass is 9.71. The minimum absolute atomic E-state index is 0.117. The van der Waals surface area contributed by atoms with Crippen molar-refractivity contribution in [1.29, 1.82) is 0 Å². The van der Waals surface area contributed by atoms with Crippen molar-refractivity contribution in [2.75, 3.05) is 6.54 Å². The van der Waals surface area contributed by atoms with Crippen LogP contribution in [0.4, 0.5) is 4.79 Å². The number of benzene rings is 2. The molecule has 0 spiro atoms. The molecule has 7 nitrogen and oxygen atoms in total. The average molecular weight is 511 g/mol. The Balaban J connectivity index is 1.53. The molecule has 4 aromatic rings. The van der Waals surface area contributed by atoms with E-state index < -0.39 is 17.2 Å². The highest BCUT2D eigenvalue weighted by Gasteiger charge is 2.41. The summed E-state index contributed by atoms with van der Waals surface area (Å²) >= 11 is 0. The van der Waals surface area contributed by atoms with Gasteiger partial charge in [0.25, 0.3) is 5.91 Å². The Morgan fingerprint density at radius 1 is 1.00 bits per heavy atom. The van der Waals surface area contributed by atoms with Gasteiger partial charge < -0.3 is 15.4 Å². The summed E-state index contributed by atoms with van der Waals surface area (Å²) in [7, 11) is 0. The van der Waals surface area contributed by atoms with E-state index in [0.29, 0.717) is 17.8 Å². The third-order valence-corrected chi connectivity index (χ3v) is 6.93. The van der Waals surface area contributed by atoms with Gasteiger partial charge in [0, 0.05) is 29.4 Å². The highest BCUT2D eigenvalue weighted by Crippen LogP contribution is 2.42. The molecular formula is C31H34N4O3. The van der Waals surface area contributed by atoms with Crippen LogP contribution in [0, 0.1) is 0 Å². The zero-order valence-corrected chi connectivity index (χ0v) is 22.4. The van der Waals surface area contributed by atoms with Crippen molar-refractivity contribution in [1.82, 2.24) is 20.0 Å². The first kappa shape index (κ1) is 25.5. The summed E-state index contributed by atoms with van der Waals surface area (Å²) in [4.78, 5) is 30.0. The number of hydrogen-bond acceptors (Lipinski definition) is 4. The maximum absolute atomic E-state index is 12.6. The summed E-state index contributed by atoms with van der Waals surface area (Å²) in [6, 6.07) is 22.0. The molecule has 1 aliphatic carbocycles. The van der Waals surface area contributed by atoms with Gasteiger partial charge in [-0.05, 0) is 64.7 Å². The van der Waals surface area contributed by atoms with E-state index in [1.54, 1.807) is 0 Å². The number of alkyl carbamates (subject to hydrolysis) is 1. The van der Waals surface area contributed by atoms with Gasteiger partial charge in [-0.15, -0.1) is 0 Å². The van der Waals surface area contributed by atoms with Gasteiger partial charge in [-0.2, -0.15) is 0 Å². The number of hydrogen-bond donors (Lipinski definition) is 2. The first-order valence-corrected chi connectivity index (χ1v) is 13.2. The van der Waals surface area contributed by atoms with Crippen LogP contribution in [0.2, 0.25) is 0 Å².